The van der Waals surface area contributed by atoms with Crippen LogP contribution in [0.15, 0.2) is 11.6 Å². The molecule has 0 aromatic heterocycles. The number of esters is 1. The molecule has 0 aromatic carbocycles. The molecular weight excluding hydrogens is 132 g/mol. The fourth-order valence-electron chi connectivity index (χ4n) is 0.979. The molecule has 0 radical (unpaired) electrons. The SMILES string of the molecule is C[C@@H]1CC(CO)=CC(=O)O1. The largest absolute Gasteiger partial charge is 0.459 e. The minimum atomic E-state index is -0.345. The Morgan fingerprint density at radius 1 is 1.90 bits per heavy atom. The van der Waals surface area contributed by atoms with Crippen LogP contribution in [0.3, 0.4) is 0 Å². The highest BCUT2D eigenvalue weighted by Gasteiger charge is 2.16. The molecule has 3 heteroatoms. The Bertz CT molecular complexity index is 172. The summed E-state index contributed by atoms with van der Waals surface area (Å²) < 4.78 is 4.79. The highest BCUT2D eigenvalue weighted by molar-refractivity contribution is 5.83. The van der Waals surface area contributed by atoms with Crippen LogP contribution < -0.4 is 0 Å². The first-order valence-electron chi connectivity index (χ1n) is 3.23. The summed E-state index contributed by atoms with van der Waals surface area (Å²) >= 11 is 0. The van der Waals surface area contributed by atoms with Crippen molar-refractivity contribution in [2.75, 3.05) is 6.61 Å². The summed E-state index contributed by atoms with van der Waals surface area (Å²) in [6, 6.07) is 0. The van der Waals surface area contributed by atoms with Crippen LogP contribution in [0.1, 0.15) is 13.3 Å². The number of hydrogen-bond donors (Lipinski definition) is 1. The number of ether oxygens (including phenoxy) is 1. The lowest BCUT2D eigenvalue weighted by Crippen LogP contribution is -2.20. The number of carbonyl (C=O) groups is 1. The molecule has 1 aliphatic rings. The summed E-state index contributed by atoms with van der Waals surface area (Å²) in [6.07, 6.45) is 1.92. The van der Waals surface area contributed by atoms with Gasteiger partial charge in [0, 0.05) is 12.5 Å². The van der Waals surface area contributed by atoms with Crippen molar-refractivity contribution in [1.29, 1.82) is 0 Å². The smallest absolute Gasteiger partial charge is 0.331 e. The van der Waals surface area contributed by atoms with E-state index in [2.05, 4.69) is 0 Å². The van der Waals surface area contributed by atoms with Crippen molar-refractivity contribution in [1.82, 2.24) is 0 Å². The standard InChI is InChI=1S/C7H10O3/c1-5-2-6(4-8)3-7(9)10-5/h3,5,8H,2,4H2,1H3/t5-/m1/s1. The van der Waals surface area contributed by atoms with Gasteiger partial charge in [0.1, 0.15) is 6.10 Å². The Balaban J connectivity index is 2.65. The Labute approximate surface area is 59.3 Å². The van der Waals surface area contributed by atoms with Gasteiger partial charge in [0.15, 0.2) is 0 Å². The summed E-state index contributed by atoms with van der Waals surface area (Å²) in [5, 5.41) is 8.65. The summed E-state index contributed by atoms with van der Waals surface area (Å²) in [5.41, 5.74) is 0.753. The zero-order valence-corrected chi connectivity index (χ0v) is 5.83. The van der Waals surface area contributed by atoms with Crippen molar-refractivity contribution in [3.05, 3.63) is 11.6 Å². The Morgan fingerprint density at radius 2 is 2.60 bits per heavy atom. The maximum atomic E-state index is 10.6. The van der Waals surface area contributed by atoms with Gasteiger partial charge in [-0.25, -0.2) is 4.79 Å². The fraction of sp³-hybridized carbons (Fsp3) is 0.571. The van der Waals surface area contributed by atoms with Crippen LogP contribution in [0.2, 0.25) is 0 Å². The Hall–Kier alpha value is -0.830. The highest BCUT2D eigenvalue weighted by atomic mass is 16.5. The molecule has 0 saturated carbocycles. The van der Waals surface area contributed by atoms with E-state index < -0.39 is 0 Å². The van der Waals surface area contributed by atoms with Crippen LogP contribution in [-0.4, -0.2) is 23.8 Å². The minimum absolute atomic E-state index is 0.0422. The van der Waals surface area contributed by atoms with E-state index >= 15 is 0 Å². The molecule has 0 amide bonds. The second-order valence-electron chi connectivity index (χ2n) is 2.41. The molecule has 0 bridgehead atoms. The van der Waals surface area contributed by atoms with Gasteiger partial charge in [-0.1, -0.05) is 0 Å². The van der Waals surface area contributed by atoms with E-state index in [1.54, 1.807) is 6.92 Å². The predicted octanol–water partition coefficient (Wildman–Crippen LogP) is 0.240. The molecule has 1 aliphatic heterocycles. The van der Waals surface area contributed by atoms with Crippen molar-refractivity contribution in [2.24, 2.45) is 0 Å². The third-order valence-electron chi connectivity index (χ3n) is 1.39. The van der Waals surface area contributed by atoms with Gasteiger partial charge in [0.05, 0.1) is 6.61 Å². The maximum absolute atomic E-state index is 10.6. The third-order valence-corrected chi connectivity index (χ3v) is 1.39. The molecule has 1 N–H and O–H groups in total. The third kappa shape index (κ3) is 1.57. The summed E-state index contributed by atoms with van der Waals surface area (Å²) in [6.45, 7) is 1.76. The number of carbonyl (C=O) groups excluding carboxylic acids is 1. The van der Waals surface area contributed by atoms with Gasteiger partial charge in [-0.3, -0.25) is 0 Å². The zero-order valence-electron chi connectivity index (χ0n) is 5.83. The zero-order chi connectivity index (χ0) is 7.56. The number of rotatable bonds is 1. The molecule has 1 atom stereocenters. The first-order valence-corrected chi connectivity index (χ1v) is 3.23. The van der Waals surface area contributed by atoms with E-state index in [9.17, 15) is 4.79 Å². The number of aliphatic hydroxyl groups excluding tert-OH is 1. The van der Waals surface area contributed by atoms with Gasteiger partial charge in [0.2, 0.25) is 0 Å². The van der Waals surface area contributed by atoms with Gasteiger partial charge < -0.3 is 9.84 Å². The normalized spacial score (nSPS) is 25.6. The lowest BCUT2D eigenvalue weighted by Gasteiger charge is -2.17. The maximum Gasteiger partial charge on any atom is 0.331 e. The van der Waals surface area contributed by atoms with Crippen molar-refractivity contribution in [2.45, 2.75) is 19.4 Å². The van der Waals surface area contributed by atoms with E-state index in [1.165, 1.54) is 6.08 Å². The molecule has 10 heavy (non-hydrogen) atoms. The average Bonchev–Trinajstić information content (AvgIpc) is 1.85. The van der Waals surface area contributed by atoms with Gasteiger partial charge in [-0.15, -0.1) is 0 Å². The molecule has 0 spiro atoms. The van der Waals surface area contributed by atoms with E-state index in [0.717, 1.165) is 5.57 Å². The van der Waals surface area contributed by atoms with E-state index in [4.69, 9.17) is 9.84 Å². The van der Waals surface area contributed by atoms with E-state index in [-0.39, 0.29) is 18.7 Å². The van der Waals surface area contributed by atoms with Crippen molar-refractivity contribution >= 4 is 5.97 Å². The van der Waals surface area contributed by atoms with Crippen molar-refractivity contribution in [3.63, 3.8) is 0 Å². The van der Waals surface area contributed by atoms with Crippen molar-refractivity contribution in [3.8, 4) is 0 Å². The van der Waals surface area contributed by atoms with Crippen LogP contribution in [0.4, 0.5) is 0 Å². The van der Waals surface area contributed by atoms with Gasteiger partial charge in [-0.05, 0) is 12.5 Å². The number of hydrogen-bond acceptors (Lipinski definition) is 3. The quantitative estimate of drug-likeness (QED) is 0.533. The minimum Gasteiger partial charge on any atom is -0.459 e. The van der Waals surface area contributed by atoms with Crippen molar-refractivity contribution < 1.29 is 14.6 Å². The van der Waals surface area contributed by atoms with Gasteiger partial charge in [-0.2, -0.15) is 0 Å². The van der Waals surface area contributed by atoms with Crippen LogP contribution in [0, 0.1) is 0 Å². The molecule has 0 aromatic rings. The first-order chi connectivity index (χ1) is 4.72. The van der Waals surface area contributed by atoms with Crippen LogP contribution >= 0.6 is 0 Å². The molecule has 3 nitrogen and oxygen atoms in total. The predicted molar refractivity (Wildman–Crippen MR) is 35.3 cm³/mol. The topological polar surface area (TPSA) is 46.5 Å². The van der Waals surface area contributed by atoms with E-state index in [0.29, 0.717) is 6.42 Å². The average molecular weight is 142 g/mol. The number of cyclic esters (lactones) is 1. The summed E-state index contributed by atoms with van der Waals surface area (Å²) in [4.78, 5) is 10.6. The lowest BCUT2D eigenvalue weighted by atomic mass is 10.1. The second-order valence-corrected chi connectivity index (χ2v) is 2.41. The fourth-order valence-corrected chi connectivity index (χ4v) is 0.979. The Morgan fingerprint density at radius 3 is 3.10 bits per heavy atom. The molecule has 0 fully saturated rings. The lowest BCUT2D eigenvalue weighted by molar-refractivity contribution is -0.143. The highest BCUT2D eigenvalue weighted by Crippen LogP contribution is 2.13. The first kappa shape index (κ1) is 7.28. The molecule has 1 rings (SSSR count). The molecule has 0 unspecified atom stereocenters. The van der Waals surface area contributed by atoms with Gasteiger partial charge in [0.25, 0.3) is 0 Å². The molecule has 56 valence electrons. The van der Waals surface area contributed by atoms with Crippen LogP contribution in [-0.2, 0) is 9.53 Å². The molecule has 1 heterocycles. The molecule has 0 saturated heterocycles. The summed E-state index contributed by atoms with van der Waals surface area (Å²) in [7, 11) is 0. The molecule has 0 aliphatic carbocycles. The monoisotopic (exact) mass is 142 g/mol. The van der Waals surface area contributed by atoms with E-state index in [1.807, 2.05) is 0 Å². The second kappa shape index (κ2) is 2.84. The molecular formula is C7H10O3. The Kier molecular flexibility index (Phi) is 2.06. The van der Waals surface area contributed by atoms with Gasteiger partial charge >= 0.3 is 5.97 Å². The number of aliphatic hydroxyl groups is 1. The van der Waals surface area contributed by atoms with Crippen LogP contribution in [0.25, 0.3) is 0 Å². The summed E-state index contributed by atoms with van der Waals surface area (Å²) in [5.74, 6) is -0.345. The van der Waals surface area contributed by atoms with Crippen LogP contribution in [0.5, 0.6) is 0 Å².